The summed E-state index contributed by atoms with van der Waals surface area (Å²) in [5.74, 6) is 1.72. The zero-order chi connectivity index (χ0) is 24.2. The Balaban J connectivity index is 1.24. The first-order valence-corrected chi connectivity index (χ1v) is 11.2. The van der Waals surface area contributed by atoms with Crippen LogP contribution in [0.3, 0.4) is 0 Å². The number of rotatable bonds is 9. The van der Waals surface area contributed by atoms with E-state index in [4.69, 9.17) is 19.0 Å². The zero-order valence-electron chi connectivity index (χ0n) is 19.2. The quantitative estimate of drug-likeness (QED) is 0.279. The number of oxazole rings is 1. The molecule has 0 radical (unpaired) electrons. The molecule has 0 bridgehead atoms. The molecule has 0 saturated heterocycles. The lowest BCUT2D eigenvalue weighted by Gasteiger charge is -2.06. The number of aryl methyl sites for hydroxylation is 1. The molecule has 35 heavy (non-hydrogen) atoms. The van der Waals surface area contributed by atoms with Gasteiger partial charge in [-0.2, -0.15) is 0 Å². The Bertz CT molecular complexity index is 1450. The fraction of sp³-hybridized carbons (Fsp3) is 0.143. The van der Waals surface area contributed by atoms with Gasteiger partial charge < -0.3 is 24.0 Å². The van der Waals surface area contributed by atoms with Crippen LogP contribution in [0.1, 0.15) is 22.6 Å². The fourth-order valence-corrected chi connectivity index (χ4v) is 3.83. The van der Waals surface area contributed by atoms with E-state index >= 15 is 0 Å². The van der Waals surface area contributed by atoms with Gasteiger partial charge in [-0.25, -0.2) is 4.98 Å². The van der Waals surface area contributed by atoms with Crippen molar-refractivity contribution in [1.82, 2.24) is 9.97 Å². The van der Waals surface area contributed by atoms with E-state index in [1.807, 2.05) is 79.7 Å². The highest BCUT2D eigenvalue weighted by Crippen LogP contribution is 2.27. The van der Waals surface area contributed by atoms with E-state index in [9.17, 15) is 4.79 Å². The highest BCUT2D eigenvalue weighted by Gasteiger charge is 2.14. The molecule has 2 heterocycles. The van der Waals surface area contributed by atoms with Crippen molar-refractivity contribution in [1.29, 1.82) is 0 Å². The van der Waals surface area contributed by atoms with Gasteiger partial charge in [0.2, 0.25) is 5.89 Å². The summed E-state index contributed by atoms with van der Waals surface area (Å²) in [5, 5.41) is 9.94. The molecule has 0 amide bonds. The second-order valence-electron chi connectivity index (χ2n) is 8.20. The molecule has 5 aromatic rings. The van der Waals surface area contributed by atoms with Crippen molar-refractivity contribution in [2.24, 2.45) is 0 Å². The number of benzene rings is 3. The summed E-state index contributed by atoms with van der Waals surface area (Å²) >= 11 is 0. The van der Waals surface area contributed by atoms with Gasteiger partial charge in [0.15, 0.2) is 0 Å². The number of hydrogen-bond donors (Lipinski definition) is 2. The molecular weight excluding hydrogens is 444 g/mol. The lowest BCUT2D eigenvalue weighted by atomic mass is 10.1. The number of H-pyrrole nitrogens is 1. The summed E-state index contributed by atoms with van der Waals surface area (Å²) in [4.78, 5) is 18.8. The predicted molar refractivity (Wildman–Crippen MR) is 131 cm³/mol. The minimum atomic E-state index is -0.876. The van der Waals surface area contributed by atoms with Gasteiger partial charge in [0, 0.05) is 22.7 Å². The Kier molecular flexibility index (Phi) is 6.22. The van der Waals surface area contributed by atoms with Crippen molar-refractivity contribution in [3.05, 3.63) is 102 Å². The maximum atomic E-state index is 11.1. The third-order valence-corrected chi connectivity index (χ3v) is 5.70. The van der Waals surface area contributed by atoms with Crippen LogP contribution in [0.5, 0.6) is 11.5 Å². The molecular formula is C28H24N2O5. The van der Waals surface area contributed by atoms with Crippen LogP contribution in [-0.4, -0.2) is 21.0 Å². The minimum absolute atomic E-state index is 0.0503. The van der Waals surface area contributed by atoms with Gasteiger partial charge in [0.25, 0.3) is 0 Å². The summed E-state index contributed by atoms with van der Waals surface area (Å²) in [7, 11) is 0. The van der Waals surface area contributed by atoms with Crippen molar-refractivity contribution in [3.63, 3.8) is 0 Å². The molecule has 0 spiro atoms. The Morgan fingerprint density at radius 2 is 1.71 bits per heavy atom. The van der Waals surface area contributed by atoms with E-state index < -0.39 is 5.97 Å². The van der Waals surface area contributed by atoms with Crippen LogP contribution >= 0.6 is 0 Å². The number of carboxylic acid groups (broad SMARTS) is 1. The molecule has 3 aromatic carbocycles. The van der Waals surface area contributed by atoms with Crippen LogP contribution in [0, 0.1) is 6.92 Å². The van der Waals surface area contributed by atoms with Crippen LogP contribution in [0.25, 0.3) is 22.4 Å². The van der Waals surface area contributed by atoms with E-state index in [0.29, 0.717) is 35.3 Å². The number of hydrogen-bond acceptors (Lipinski definition) is 5. The van der Waals surface area contributed by atoms with Gasteiger partial charge in [-0.05, 0) is 60.5 Å². The SMILES string of the molecule is Cc1oc(-c2ccc(OCc3ccccc3)cc2)nc1COc1ccc2[nH]cc(CC(=O)O)c2c1. The minimum Gasteiger partial charge on any atom is -0.489 e. The van der Waals surface area contributed by atoms with E-state index in [0.717, 1.165) is 27.8 Å². The van der Waals surface area contributed by atoms with E-state index in [-0.39, 0.29) is 13.0 Å². The van der Waals surface area contributed by atoms with Crippen molar-refractivity contribution in [2.45, 2.75) is 26.6 Å². The third kappa shape index (κ3) is 5.19. The van der Waals surface area contributed by atoms with Crippen LogP contribution in [0.2, 0.25) is 0 Å². The fourth-order valence-electron chi connectivity index (χ4n) is 3.83. The average molecular weight is 469 g/mol. The number of carbonyl (C=O) groups is 1. The van der Waals surface area contributed by atoms with Crippen molar-refractivity contribution in [3.8, 4) is 23.0 Å². The molecule has 2 aromatic heterocycles. The first-order chi connectivity index (χ1) is 17.0. The van der Waals surface area contributed by atoms with Crippen molar-refractivity contribution < 1.29 is 23.8 Å². The Morgan fingerprint density at radius 1 is 0.971 bits per heavy atom. The summed E-state index contributed by atoms with van der Waals surface area (Å²) in [6.07, 6.45) is 1.67. The van der Waals surface area contributed by atoms with Gasteiger partial charge >= 0.3 is 5.97 Å². The second-order valence-corrected chi connectivity index (χ2v) is 8.20. The Hall–Kier alpha value is -4.52. The number of nitrogens with one attached hydrogen (secondary N) is 1. The van der Waals surface area contributed by atoms with Crippen LogP contribution in [-0.2, 0) is 24.4 Å². The molecule has 176 valence electrons. The van der Waals surface area contributed by atoms with Gasteiger partial charge in [-0.15, -0.1) is 0 Å². The first-order valence-electron chi connectivity index (χ1n) is 11.2. The Morgan fingerprint density at radius 3 is 2.49 bits per heavy atom. The van der Waals surface area contributed by atoms with Crippen molar-refractivity contribution in [2.75, 3.05) is 0 Å². The topological polar surface area (TPSA) is 97.6 Å². The van der Waals surface area contributed by atoms with E-state index in [1.165, 1.54) is 0 Å². The highest BCUT2D eigenvalue weighted by atomic mass is 16.5. The number of ether oxygens (including phenoxy) is 2. The summed E-state index contributed by atoms with van der Waals surface area (Å²) in [6, 6.07) is 23.2. The maximum absolute atomic E-state index is 11.1. The Labute approximate surface area is 202 Å². The normalized spacial score (nSPS) is 11.0. The number of nitrogens with zero attached hydrogens (tertiary/aromatic N) is 1. The molecule has 0 aliphatic heterocycles. The number of fused-ring (bicyclic) bond motifs is 1. The largest absolute Gasteiger partial charge is 0.489 e. The molecule has 0 aliphatic carbocycles. The molecule has 0 unspecified atom stereocenters. The molecule has 2 N–H and O–H groups in total. The summed E-state index contributed by atoms with van der Waals surface area (Å²) < 4.78 is 17.7. The van der Waals surface area contributed by atoms with Crippen LogP contribution < -0.4 is 9.47 Å². The molecule has 7 heteroatoms. The molecule has 0 saturated carbocycles. The highest BCUT2D eigenvalue weighted by molar-refractivity contribution is 5.88. The number of aliphatic carboxylic acids is 1. The maximum Gasteiger partial charge on any atom is 0.307 e. The lowest BCUT2D eigenvalue weighted by Crippen LogP contribution is -1.99. The predicted octanol–water partition coefficient (Wildman–Crippen LogP) is 5.92. The molecule has 0 fully saturated rings. The van der Waals surface area contributed by atoms with Gasteiger partial charge in [-0.1, -0.05) is 30.3 Å². The number of carboxylic acids is 1. The first kappa shape index (κ1) is 22.3. The third-order valence-electron chi connectivity index (χ3n) is 5.70. The second kappa shape index (κ2) is 9.77. The molecule has 0 aliphatic rings. The molecule has 0 atom stereocenters. The summed E-state index contributed by atoms with van der Waals surface area (Å²) in [6.45, 7) is 2.59. The number of aromatic nitrogens is 2. The van der Waals surface area contributed by atoms with E-state index in [2.05, 4.69) is 9.97 Å². The number of aromatic amines is 1. The van der Waals surface area contributed by atoms with Gasteiger partial charge in [0.05, 0.1) is 6.42 Å². The van der Waals surface area contributed by atoms with Crippen LogP contribution in [0.4, 0.5) is 0 Å². The standard InChI is InChI=1S/C28H24N2O5/c1-18-26(17-34-23-11-12-25-24(14-23)21(15-29-25)13-27(31)32)30-28(35-18)20-7-9-22(10-8-20)33-16-19-5-3-2-4-6-19/h2-12,14-15,29H,13,16-17H2,1H3,(H,31,32). The summed E-state index contributed by atoms with van der Waals surface area (Å²) in [5.41, 5.74) is 4.24. The zero-order valence-corrected chi connectivity index (χ0v) is 19.2. The molecule has 5 rings (SSSR count). The van der Waals surface area contributed by atoms with Gasteiger partial charge in [0.1, 0.15) is 36.2 Å². The van der Waals surface area contributed by atoms with E-state index in [1.54, 1.807) is 6.20 Å². The molecule has 7 nitrogen and oxygen atoms in total. The average Bonchev–Trinajstić information content (AvgIpc) is 3.44. The van der Waals surface area contributed by atoms with Crippen molar-refractivity contribution >= 4 is 16.9 Å². The van der Waals surface area contributed by atoms with Crippen LogP contribution in [0.15, 0.2) is 83.4 Å². The monoisotopic (exact) mass is 468 g/mol. The smallest absolute Gasteiger partial charge is 0.307 e. The van der Waals surface area contributed by atoms with Gasteiger partial charge in [-0.3, -0.25) is 4.79 Å². The lowest BCUT2D eigenvalue weighted by molar-refractivity contribution is -0.136.